The fraction of sp³-hybridized carbons (Fsp3) is 0.438. The molecule has 1 fully saturated rings. The molecule has 0 saturated carbocycles. The minimum absolute atomic E-state index is 0.214. The number of benzene rings is 1. The maximum absolute atomic E-state index is 10.6. The van der Waals surface area contributed by atoms with Crippen molar-refractivity contribution in [2.45, 2.75) is 25.4 Å². The molecule has 0 bridgehead atoms. The lowest BCUT2D eigenvalue weighted by Crippen LogP contribution is -2.37. The molecule has 3 rings (SSSR count). The molecule has 106 valence electrons. The molecule has 2 heterocycles. The van der Waals surface area contributed by atoms with Crippen molar-refractivity contribution in [2.24, 2.45) is 5.92 Å². The molecule has 1 N–H and O–H groups in total. The summed E-state index contributed by atoms with van der Waals surface area (Å²) < 4.78 is 5.38. The molecule has 4 heteroatoms. The monoisotopic (exact) mass is 289 g/mol. The minimum Gasteiger partial charge on any atom is -0.389 e. The highest BCUT2D eigenvalue weighted by atomic mass is 32.1. The normalized spacial score (nSPS) is 21.8. The minimum atomic E-state index is -0.734. The number of hydrogen-bond donors (Lipinski definition) is 1. The molecule has 2 unspecified atom stereocenters. The van der Waals surface area contributed by atoms with Crippen molar-refractivity contribution in [3.63, 3.8) is 0 Å². The second-order valence-electron chi connectivity index (χ2n) is 5.59. The molecule has 0 spiro atoms. The summed E-state index contributed by atoms with van der Waals surface area (Å²) in [6.07, 6.45) is 1.53. The maximum atomic E-state index is 10.6. The number of hydrogen-bond acceptors (Lipinski definition) is 4. The van der Waals surface area contributed by atoms with Crippen molar-refractivity contribution in [2.75, 3.05) is 13.2 Å². The molecule has 0 aliphatic carbocycles. The third-order valence-electron chi connectivity index (χ3n) is 3.94. The number of nitrogens with zero attached hydrogens (tertiary/aromatic N) is 1. The number of ether oxygens (including phenoxy) is 1. The Morgan fingerprint density at radius 2 is 2.20 bits per heavy atom. The van der Waals surface area contributed by atoms with Crippen LogP contribution in [-0.2, 0) is 11.2 Å². The van der Waals surface area contributed by atoms with Crippen LogP contribution in [0.15, 0.2) is 35.7 Å². The standard InChI is InChI=1S/C16H19NO2S/c1-16(18,13-7-8-19-10-13)9-15-17-14(11-20-15)12-5-3-2-4-6-12/h2-6,11,13,18H,7-10H2,1H3. The van der Waals surface area contributed by atoms with Gasteiger partial charge >= 0.3 is 0 Å². The fourth-order valence-electron chi connectivity index (χ4n) is 2.61. The molecule has 20 heavy (non-hydrogen) atoms. The van der Waals surface area contributed by atoms with Gasteiger partial charge in [-0.2, -0.15) is 0 Å². The topological polar surface area (TPSA) is 42.4 Å². The van der Waals surface area contributed by atoms with E-state index in [9.17, 15) is 5.11 Å². The summed E-state index contributed by atoms with van der Waals surface area (Å²) in [6.45, 7) is 3.31. The SMILES string of the molecule is CC(O)(Cc1nc(-c2ccccc2)cs1)C1CCOC1. The summed E-state index contributed by atoms with van der Waals surface area (Å²) in [6, 6.07) is 10.1. The second-order valence-corrected chi connectivity index (χ2v) is 6.53. The molecule has 2 aromatic rings. The zero-order valence-corrected chi connectivity index (χ0v) is 12.4. The first-order chi connectivity index (χ1) is 9.65. The Morgan fingerprint density at radius 1 is 1.40 bits per heavy atom. The molecule has 3 nitrogen and oxygen atoms in total. The van der Waals surface area contributed by atoms with Crippen molar-refractivity contribution in [1.82, 2.24) is 4.98 Å². The highest BCUT2D eigenvalue weighted by molar-refractivity contribution is 7.09. The van der Waals surface area contributed by atoms with Crippen LogP contribution in [0.2, 0.25) is 0 Å². The van der Waals surface area contributed by atoms with Crippen molar-refractivity contribution in [3.05, 3.63) is 40.7 Å². The zero-order chi connectivity index (χ0) is 14.0. The average molecular weight is 289 g/mol. The van der Waals surface area contributed by atoms with Crippen LogP contribution in [-0.4, -0.2) is 28.9 Å². The predicted molar refractivity (Wildman–Crippen MR) is 80.8 cm³/mol. The van der Waals surface area contributed by atoms with E-state index >= 15 is 0 Å². The van der Waals surface area contributed by atoms with Crippen LogP contribution >= 0.6 is 11.3 Å². The van der Waals surface area contributed by atoms with Gasteiger partial charge in [-0.1, -0.05) is 30.3 Å². The van der Waals surface area contributed by atoms with Gasteiger partial charge in [0.2, 0.25) is 0 Å². The smallest absolute Gasteiger partial charge is 0.0961 e. The van der Waals surface area contributed by atoms with Gasteiger partial charge in [0, 0.05) is 29.9 Å². The molecule has 1 aliphatic rings. The summed E-state index contributed by atoms with van der Waals surface area (Å²) in [5.74, 6) is 0.214. The summed E-state index contributed by atoms with van der Waals surface area (Å²) in [5.41, 5.74) is 1.38. The van der Waals surface area contributed by atoms with E-state index in [4.69, 9.17) is 4.74 Å². The largest absolute Gasteiger partial charge is 0.389 e. The second kappa shape index (κ2) is 5.64. The third-order valence-corrected chi connectivity index (χ3v) is 4.79. The summed E-state index contributed by atoms with van der Waals surface area (Å²) in [5, 5.41) is 13.7. The third kappa shape index (κ3) is 2.92. The molecule has 0 radical (unpaired) electrons. The van der Waals surface area contributed by atoms with E-state index in [0.29, 0.717) is 13.0 Å². The van der Waals surface area contributed by atoms with Crippen LogP contribution in [0.1, 0.15) is 18.4 Å². The molecule has 0 amide bonds. The number of rotatable bonds is 4. The Labute approximate surface area is 123 Å². The molecular formula is C16H19NO2S. The van der Waals surface area contributed by atoms with E-state index in [0.717, 1.165) is 29.3 Å². The van der Waals surface area contributed by atoms with Crippen LogP contribution in [0.4, 0.5) is 0 Å². The Morgan fingerprint density at radius 3 is 2.90 bits per heavy atom. The van der Waals surface area contributed by atoms with Crippen molar-refractivity contribution in [3.8, 4) is 11.3 Å². The lowest BCUT2D eigenvalue weighted by Gasteiger charge is -2.28. The Balaban J connectivity index is 1.74. The summed E-state index contributed by atoms with van der Waals surface area (Å²) in [4.78, 5) is 4.65. The van der Waals surface area contributed by atoms with E-state index in [1.165, 1.54) is 0 Å². The number of aliphatic hydroxyl groups is 1. The molecule has 1 aromatic carbocycles. The van der Waals surface area contributed by atoms with Gasteiger partial charge in [-0.3, -0.25) is 0 Å². The first-order valence-electron chi connectivity index (χ1n) is 6.95. The van der Waals surface area contributed by atoms with Gasteiger partial charge < -0.3 is 9.84 Å². The van der Waals surface area contributed by atoms with Gasteiger partial charge in [-0.15, -0.1) is 11.3 Å². The molecule has 1 saturated heterocycles. The van der Waals surface area contributed by atoms with Gasteiger partial charge in [0.15, 0.2) is 0 Å². The summed E-state index contributed by atoms with van der Waals surface area (Å²) in [7, 11) is 0. The molecule has 2 atom stereocenters. The average Bonchev–Trinajstić information content (AvgIpc) is 3.10. The first-order valence-corrected chi connectivity index (χ1v) is 7.83. The van der Waals surface area contributed by atoms with Crippen molar-refractivity contribution >= 4 is 11.3 Å². The van der Waals surface area contributed by atoms with Gasteiger partial charge in [0.05, 0.1) is 22.9 Å². The van der Waals surface area contributed by atoms with Gasteiger partial charge in [-0.25, -0.2) is 4.98 Å². The highest BCUT2D eigenvalue weighted by Gasteiger charge is 2.35. The lowest BCUT2D eigenvalue weighted by molar-refractivity contribution is -0.00455. The quantitative estimate of drug-likeness (QED) is 0.940. The van der Waals surface area contributed by atoms with Gasteiger partial charge in [0.25, 0.3) is 0 Å². The van der Waals surface area contributed by atoms with E-state index in [1.54, 1.807) is 11.3 Å². The van der Waals surface area contributed by atoms with Gasteiger partial charge in [-0.05, 0) is 13.3 Å². The predicted octanol–water partition coefficient (Wildman–Crippen LogP) is 3.14. The van der Waals surface area contributed by atoms with Crippen LogP contribution in [0.5, 0.6) is 0 Å². The highest BCUT2D eigenvalue weighted by Crippen LogP contribution is 2.31. The Bertz CT molecular complexity index is 559. The van der Waals surface area contributed by atoms with Crippen molar-refractivity contribution in [1.29, 1.82) is 0 Å². The zero-order valence-electron chi connectivity index (χ0n) is 11.6. The van der Waals surface area contributed by atoms with Crippen molar-refractivity contribution < 1.29 is 9.84 Å². The Kier molecular flexibility index (Phi) is 3.87. The fourth-order valence-corrected chi connectivity index (χ4v) is 3.57. The van der Waals surface area contributed by atoms with Gasteiger partial charge in [0.1, 0.15) is 0 Å². The molecular weight excluding hydrogens is 270 g/mol. The number of aromatic nitrogens is 1. The summed E-state index contributed by atoms with van der Waals surface area (Å²) >= 11 is 1.62. The van der Waals surface area contributed by atoms with E-state index < -0.39 is 5.60 Å². The van der Waals surface area contributed by atoms with Crippen LogP contribution < -0.4 is 0 Å². The maximum Gasteiger partial charge on any atom is 0.0961 e. The van der Waals surface area contributed by atoms with E-state index in [-0.39, 0.29) is 5.92 Å². The van der Waals surface area contributed by atoms with Crippen LogP contribution in [0.3, 0.4) is 0 Å². The molecule has 1 aromatic heterocycles. The number of thiazole rings is 1. The molecule has 1 aliphatic heterocycles. The van der Waals surface area contributed by atoms with E-state index in [1.807, 2.05) is 25.1 Å². The lowest BCUT2D eigenvalue weighted by atomic mass is 9.86. The Hall–Kier alpha value is -1.23. The first kappa shape index (κ1) is 13.7. The van der Waals surface area contributed by atoms with E-state index in [2.05, 4.69) is 22.5 Å². The van der Waals surface area contributed by atoms with Crippen LogP contribution in [0, 0.1) is 5.92 Å². The van der Waals surface area contributed by atoms with Crippen LogP contribution in [0.25, 0.3) is 11.3 Å².